The van der Waals surface area contributed by atoms with Crippen LogP contribution in [0.4, 0.5) is 0 Å². The topological polar surface area (TPSA) is 94.5 Å². The molecule has 2 heterocycles. The Morgan fingerprint density at radius 3 is 2.36 bits per heavy atom. The average molecular weight is 491 g/mol. The van der Waals surface area contributed by atoms with E-state index in [4.69, 9.17) is 14.2 Å². The Balaban J connectivity index is 1.55. The molecule has 0 N–H and O–H groups in total. The molecule has 0 radical (unpaired) electrons. The number of hydrogen-bond donors (Lipinski definition) is 0. The third-order valence-corrected chi connectivity index (χ3v) is 8.96. The van der Waals surface area contributed by atoms with Crippen LogP contribution in [0.1, 0.15) is 11.1 Å². The maximum absolute atomic E-state index is 12.8. The van der Waals surface area contributed by atoms with Crippen molar-refractivity contribution in [2.24, 2.45) is 4.99 Å². The minimum absolute atomic E-state index is 0.0731. The van der Waals surface area contributed by atoms with Gasteiger partial charge in [0.25, 0.3) is 5.91 Å². The van der Waals surface area contributed by atoms with Gasteiger partial charge in [0.2, 0.25) is 0 Å². The second kappa shape index (κ2) is 9.64. The summed E-state index contributed by atoms with van der Waals surface area (Å²) in [6, 6.07) is 12.7. The van der Waals surface area contributed by atoms with Gasteiger partial charge in [-0.3, -0.25) is 4.79 Å². The molecule has 0 bridgehead atoms. The first-order valence-corrected chi connectivity index (χ1v) is 13.1. The van der Waals surface area contributed by atoms with Gasteiger partial charge in [-0.1, -0.05) is 30.0 Å². The standard InChI is InChI=1S/C23H26N2O6S2/c1-29-17-7-4-15(5-8-17)12-25-18-13-33(27,28)14-21(18)32-23(25)24-22(26)11-16-6-9-19(30-2)20(10-16)31-3/h4-10,18,21H,11-14H2,1-3H3/t18-,21-/m1/s1. The highest BCUT2D eigenvalue weighted by molar-refractivity contribution is 8.15. The Kier molecular flexibility index (Phi) is 6.85. The molecule has 2 aromatic rings. The van der Waals surface area contributed by atoms with Crippen molar-refractivity contribution in [3.05, 3.63) is 53.6 Å². The summed E-state index contributed by atoms with van der Waals surface area (Å²) in [5.74, 6) is 1.76. The van der Waals surface area contributed by atoms with Crippen molar-refractivity contribution in [3.8, 4) is 17.2 Å². The van der Waals surface area contributed by atoms with Gasteiger partial charge in [-0.25, -0.2) is 8.42 Å². The van der Waals surface area contributed by atoms with Crippen molar-refractivity contribution in [2.75, 3.05) is 32.8 Å². The lowest BCUT2D eigenvalue weighted by Crippen LogP contribution is -2.37. The number of carbonyl (C=O) groups is 1. The Bertz CT molecular complexity index is 1160. The van der Waals surface area contributed by atoms with Gasteiger partial charge in [0, 0.05) is 11.8 Å². The number of benzene rings is 2. The number of thioether (sulfide) groups is 1. The zero-order chi connectivity index (χ0) is 23.6. The van der Waals surface area contributed by atoms with Crippen LogP contribution in [0.15, 0.2) is 47.5 Å². The number of aliphatic imine (C=N–C) groups is 1. The molecule has 176 valence electrons. The van der Waals surface area contributed by atoms with E-state index in [1.807, 2.05) is 29.2 Å². The molecule has 2 aromatic carbocycles. The zero-order valence-corrected chi connectivity index (χ0v) is 20.3. The number of nitrogens with zero attached hydrogens (tertiary/aromatic N) is 2. The van der Waals surface area contributed by atoms with E-state index in [-0.39, 0.29) is 35.1 Å². The molecule has 2 aliphatic heterocycles. The van der Waals surface area contributed by atoms with E-state index in [2.05, 4.69) is 4.99 Å². The van der Waals surface area contributed by atoms with Crippen molar-refractivity contribution in [1.82, 2.24) is 4.90 Å². The summed E-state index contributed by atoms with van der Waals surface area (Å²) >= 11 is 1.38. The zero-order valence-electron chi connectivity index (χ0n) is 18.7. The van der Waals surface area contributed by atoms with E-state index in [0.717, 1.165) is 16.9 Å². The van der Waals surface area contributed by atoms with Crippen LogP contribution in [0.2, 0.25) is 0 Å². The fourth-order valence-corrected chi connectivity index (χ4v) is 8.03. The maximum atomic E-state index is 12.8. The Labute approximate surface area is 197 Å². The maximum Gasteiger partial charge on any atom is 0.252 e. The molecule has 33 heavy (non-hydrogen) atoms. The fraction of sp³-hybridized carbons (Fsp3) is 0.391. The van der Waals surface area contributed by atoms with Gasteiger partial charge in [0.1, 0.15) is 5.75 Å². The number of sulfone groups is 1. The van der Waals surface area contributed by atoms with Crippen molar-refractivity contribution in [3.63, 3.8) is 0 Å². The third kappa shape index (κ3) is 5.27. The fourth-order valence-electron chi connectivity index (χ4n) is 4.06. The van der Waals surface area contributed by atoms with Gasteiger partial charge in [0.15, 0.2) is 26.5 Å². The van der Waals surface area contributed by atoms with Crippen LogP contribution in [0, 0.1) is 0 Å². The molecule has 2 saturated heterocycles. The van der Waals surface area contributed by atoms with Crippen LogP contribution in [0.5, 0.6) is 17.2 Å². The summed E-state index contributed by atoms with van der Waals surface area (Å²) in [6.45, 7) is 0.468. The van der Waals surface area contributed by atoms with Gasteiger partial charge < -0.3 is 19.1 Å². The Morgan fingerprint density at radius 1 is 1.00 bits per heavy atom. The molecular formula is C23H26N2O6S2. The van der Waals surface area contributed by atoms with E-state index in [9.17, 15) is 13.2 Å². The van der Waals surface area contributed by atoms with Gasteiger partial charge >= 0.3 is 0 Å². The van der Waals surface area contributed by atoms with Crippen LogP contribution >= 0.6 is 11.8 Å². The summed E-state index contributed by atoms with van der Waals surface area (Å²) in [7, 11) is 1.60. The van der Waals surface area contributed by atoms with Crippen molar-refractivity contribution in [2.45, 2.75) is 24.3 Å². The summed E-state index contributed by atoms with van der Waals surface area (Å²) in [5.41, 5.74) is 1.75. The highest BCUT2D eigenvalue weighted by atomic mass is 32.2. The van der Waals surface area contributed by atoms with E-state index >= 15 is 0 Å². The Hall–Kier alpha value is -2.72. The molecule has 0 aromatic heterocycles. The summed E-state index contributed by atoms with van der Waals surface area (Å²) in [4.78, 5) is 19.2. The average Bonchev–Trinajstić information content (AvgIpc) is 3.25. The van der Waals surface area contributed by atoms with Crippen LogP contribution in [-0.2, 0) is 27.6 Å². The SMILES string of the molecule is COc1ccc(CN2C(=NC(=O)Cc3ccc(OC)c(OC)c3)S[C@@H]3CS(=O)(=O)C[C@H]32)cc1. The van der Waals surface area contributed by atoms with E-state index < -0.39 is 9.84 Å². The highest BCUT2D eigenvalue weighted by Gasteiger charge is 2.48. The first kappa shape index (κ1) is 23.4. The molecule has 0 aliphatic carbocycles. The highest BCUT2D eigenvalue weighted by Crippen LogP contribution is 2.39. The minimum Gasteiger partial charge on any atom is -0.497 e. The smallest absolute Gasteiger partial charge is 0.252 e. The lowest BCUT2D eigenvalue weighted by atomic mass is 10.1. The minimum atomic E-state index is -3.10. The molecule has 8 nitrogen and oxygen atoms in total. The molecule has 0 unspecified atom stereocenters. The number of amides is 1. The largest absolute Gasteiger partial charge is 0.497 e. The van der Waals surface area contributed by atoms with Crippen molar-refractivity contribution < 1.29 is 27.4 Å². The van der Waals surface area contributed by atoms with E-state index in [1.165, 1.54) is 11.8 Å². The summed E-state index contributed by atoms with van der Waals surface area (Å²) in [6.07, 6.45) is 0.106. The van der Waals surface area contributed by atoms with Crippen LogP contribution in [0.3, 0.4) is 0 Å². The monoisotopic (exact) mass is 490 g/mol. The van der Waals surface area contributed by atoms with Crippen molar-refractivity contribution in [1.29, 1.82) is 0 Å². The van der Waals surface area contributed by atoms with Gasteiger partial charge in [0.05, 0.1) is 45.3 Å². The normalized spacial score (nSPS) is 22.3. The molecule has 4 rings (SSSR count). The number of amidine groups is 1. The van der Waals surface area contributed by atoms with Crippen LogP contribution in [-0.4, -0.2) is 68.5 Å². The summed E-state index contributed by atoms with van der Waals surface area (Å²) < 4.78 is 40.2. The first-order chi connectivity index (χ1) is 15.8. The second-order valence-electron chi connectivity index (χ2n) is 7.93. The lowest BCUT2D eigenvalue weighted by molar-refractivity contribution is -0.117. The van der Waals surface area contributed by atoms with E-state index in [0.29, 0.717) is 23.2 Å². The predicted molar refractivity (Wildman–Crippen MR) is 128 cm³/mol. The first-order valence-electron chi connectivity index (χ1n) is 10.4. The molecular weight excluding hydrogens is 464 g/mol. The molecule has 1 amide bonds. The number of fused-ring (bicyclic) bond motifs is 1. The number of hydrogen-bond acceptors (Lipinski definition) is 7. The van der Waals surface area contributed by atoms with Crippen molar-refractivity contribution >= 4 is 32.7 Å². The molecule has 0 saturated carbocycles. The molecule has 2 aliphatic rings. The van der Waals surface area contributed by atoms with Crippen LogP contribution in [0.25, 0.3) is 0 Å². The van der Waals surface area contributed by atoms with Gasteiger partial charge in [-0.2, -0.15) is 4.99 Å². The van der Waals surface area contributed by atoms with Gasteiger partial charge in [-0.15, -0.1) is 0 Å². The summed E-state index contributed by atoms with van der Waals surface area (Å²) in [5, 5.41) is 0.446. The number of rotatable bonds is 7. The lowest BCUT2D eigenvalue weighted by Gasteiger charge is -2.24. The molecule has 10 heteroatoms. The molecule has 2 fully saturated rings. The quantitative estimate of drug-likeness (QED) is 0.585. The number of ether oxygens (including phenoxy) is 3. The molecule has 2 atom stereocenters. The van der Waals surface area contributed by atoms with Gasteiger partial charge in [-0.05, 0) is 35.4 Å². The van der Waals surface area contributed by atoms with Crippen LogP contribution < -0.4 is 14.2 Å². The third-order valence-electron chi connectivity index (χ3n) is 5.71. The number of carbonyl (C=O) groups excluding carboxylic acids is 1. The predicted octanol–water partition coefficient (Wildman–Crippen LogP) is 2.55. The second-order valence-corrected chi connectivity index (χ2v) is 11.3. The van der Waals surface area contributed by atoms with E-state index in [1.54, 1.807) is 39.5 Å². The number of methoxy groups -OCH3 is 3. The molecule has 0 spiro atoms. The Morgan fingerprint density at radius 2 is 1.70 bits per heavy atom.